The molecule has 1 aromatic heterocycles. The number of halogens is 2. The SMILES string of the molecule is NC1(c2n[nH]c(=O)n2-c2cc(Cl)cc(Cl)c2)CCCC1. The number of aromatic amines is 1. The second kappa shape index (κ2) is 4.91. The fourth-order valence-electron chi connectivity index (χ4n) is 2.77. The van der Waals surface area contributed by atoms with E-state index in [9.17, 15) is 4.79 Å². The molecule has 1 aliphatic carbocycles. The van der Waals surface area contributed by atoms with E-state index in [0.717, 1.165) is 25.7 Å². The van der Waals surface area contributed by atoms with Crippen LogP contribution in [0.15, 0.2) is 23.0 Å². The van der Waals surface area contributed by atoms with Crippen molar-refractivity contribution in [1.29, 1.82) is 0 Å². The number of rotatable bonds is 2. The molecular weight excluding hydrogens is 299 g/mol. The first kappa shape index (κ1) is 13.7. The summed E-state index contributed by atoms with van der Waals surface area (Å²) in [7, 11) is 0. The van der Waals surface area contributed by atoms with Crippen molar-refractivity contribution < 1.29 is 0 Å². The predicted octanol–water partition coefficient (Wildman–Crippen LogP) is 2.60. The van der Waals surface area contributed by atoms with Gasteiger partial charge in [0, 0.05) is 10.0 Å². The van der Waals surface area contributed by atoms with Crippen LogP contribution >= 0.6 is 23.2 Å². The number of hydrogen-bond donors (Lipinski definition) is 2. The van der Waals surface area contributed by atoms with Crippen LogP contribution in [0.4, 0.5) is 0 Å². The topological polar surface area (TPSA) is 76.7 Å². The van der Waals surface area contributed by atoms with Crippen molar-refractivity contribution in [1.82, 2.24) is 14.8 Å². The zero-order chi connectivity index (χ0) is 14.3. The molecule has 106 valence electrons. The minimum Gasteiger partial charge on any atom is -0.319 e. The summed E-state index contributed by atoms with van der Waals surface area (Å²) in [5.41, 5.74) is 6.06. The molecule has 3 rings (SSSR count). The first-order chi connectivity index (χ1) is 9.49. The molecular formula is C13H14Cl2N4O. The zero-order valence-electron chi connectivity index (χ0n) is 10.7. The number of H-pyrrole nitrogens is 1. The summed E-state index contributed by atoms with van der Waals surface area (Å²) >= 11 is 12.0. The monoisotopic (exact) mass is 312 g/mol. The minimum atomic E-state index is -0.575. The van der Waals surface area contributed by atoms with Crippen molar-refractivity contribution >= 4 is 23.2 Å². The summed E-state index contributed by atoms with van der Waals surface area (Å²) in [5.74, 6) is 0.540. The number of nitrogens with zero attached hydrogens (tertiary/aromatic N) is 2. The van der Waals surface area contributed by atoms with E-state index < -0.39 is 5.54 Å². The Morgan fingerprint density at radius 1 is 1.20 bits per heavy atom. The lowest BCUT2D eigenvalue weighted by Gasteiger charge is -2.22. The smallest absolute Gasteiger partial charge is 0.319 e. The lowest BCUT2D eigenvalue weighted by atomic mass is 9.98. The van der Waals surface area contributed by atoms with Crippen LogP contribution in [0.25, 0.3) is 5.69 Å². The van der Waals surface area contributed by atoms with E-state index in [1.807, 2.05) is 0 Å². The van der Waals surface area contributed by atoms with Crippen molar-refractivity contribution in [2.45, 2.75) is 31.2 Å². The van der Waals surface area contributed by atoms with Crippen LogP contribution in [0.3, 0.4) is 0 Å². The molecule has 1 saturated carbocycles. The highest BCUT2D eigenvalue weighted by atomic mass is 35.5. The number of benzene rings is 1. The molecule has 0 saturated heterocycles. The van der Waals surface area contributed by atoms with Crippen molar-refractivity contribution in [3.8, 4) is 5.69 Å². The Morgan fingerprint density at radius 2 is 1.80 bits per heavy atom. The molecule has 2 aromatic rings. The Morgan fingerprint density at radius 3 is 2.40 bits per heavy atom. The Balaban J connectivity index is 2.19. The summed E-state index contributed by atoms with van der Waals surface area (Å²) in [6.07, 6.45) is 3.69. The largest absolute Gasteiger partial charge is 0.347 e. The van der Waals surface area contributed by atoms with Gasteiger partial charge < -0.3 is 5.73 Å². The van der Waals surface area contributed by atoms with Crippen LogP contribution in [0.2, 0.25) is 10.0 Å². The standard InChI is InChI=1S/C13H14Cl2N4O/c14-8-5-9(15)7-10(6-8)19-11(17-18-12(19)20)13(16)3-1-2-4-13/h5-7H,1-4,16H2,(H,18,20). The molecule has 0 aliphatic heterocycles. The van der Waals surface area contributed by atoms with Gasteiger partial charge in [-0.1, -0.05) is 36.0 Å². The van der Waals surface area contributed by atoms with Crippen LogP contribution in [0.5, 0.6) is 0 Å². The van der Waals surface area contributed by atoms with Gasteiger partial charge in [0.1, 0.15) is 0 Å². The average molecular weight is 313 g/mol. The van der Waals surface area contributed by atoms with Gasteiger partial charge in [0.15, 0.2) is 5.82 Å². The van der Waals surface area contributed by atoms with Gasteiger partial charge in [-0.05, 0) is 31.0 Å². The van der Waals surface area contributed by atoms with E-state index in [0.29, 0.717) is 21.6 Å². The maximum atomic E-state index is 12.1. The number of nitrogens with two attached hydrogens (primary N) is 1. The third-order valence-electron chi connectivity index (χ3n) is 3.72. The van der Waals surface area contributed by atoms with E-state index >= 15 is 0 Å². The predicted molar refractivity (Wildman–Crippen MR) is 78.5 cm³/mol. The van der Waals surface area contributed by atoms with Crippen LogP contribution in [0.1, 0.15) is 31.5 Å². The van der Waals surface area contributed by atoms with Crippen molar-refractivity contribution in [2.75, 3.05) is 0 Å². The maximum absolute atomic E-state index is 12.1. The fraction of sp³-hybridized carbons (Fsp3) is 0.385. The van der Waals surface area contributed by atoms with E-state index in [2.05, 4.69) is 10.2 Å². The highest BCUT2D eigenvalue weighted by Gasteiger charge is 2.36. The molecule has 1 heterocycles. The molecule has 5 nitrogen and oxygen atoms in total. The summed E-state index contributed by atoms with van der Waals surface area (Å²) in [6, 6.07) is 4.96. The van der Waals surface area contributed by atoms with E-state index in [4.69, 9.17) is 28.9 Å². The highest BCUT2D eigenvalue weighted by molar-refractivity contribution is 6.34. The Bertz CT molecular complexity index is 680. The molecule has 3 N–H and O–H groups in total. The lowest BCUT2D eigenvalue weighted by Crippen LogP contribution is -2.37. The molecule has 0 spiro atoms. The van der Waals surface area contributed by atoms with Gasteiger partial charge in [0.25, 0.3) is 0 Å². The van der Waals surface area contributed by atoms with Gasteiger partial charge in [-0.25, -0.2) is 14.5 Å². The average Bonchev–Trinajstić information content (AvgIpc) is 2.95. The van der Waals surface area contributed by atoms with Gasteiger partial charge >= 0.3 is 5.69 Å². The van der Waals surface area contributed by atoms with Crippen LogP contribution in [-0.2, 0) is 5.54 Å². The number of aromatic nitrogens is 3. The molecule has 0 bridgehead atoms. The third kappa shape index (κ3) is 2.26. The first-order valence-electron chi connectivity index (χ1n) is 6.43. The maximum Gasteiger partial charge on any atom is 0.347 e. The van der Waals surface area contributed by atoms with Crippen LogP contribution in [-0.4, -0.2) is 14.8 Å². The van der Waals surface area contributed by atoms with Crippen molar-refractivity contribution in [2.24, 2.45) is 5.73 Å². The van der Waals surface area contributed by atoms with Crippen LogP contribution in [0, 0.1) is 0 Å². The summed E-state index contributed by atoms with van der Waals surface area (Å²) in [5, 5.41) is 7.51. The fourth-order valence-corrected chi connectivity index (χ4v) is 3.28. The van der Waals surface area contributed by atoms with Gasteiger partial charge in [0.2, 0.25) is 0 Å². The normalized spacial score (nSPS) is 17.6. The molecule has 0 radical (unpaired) electrons. The number of nitrogens with one attached hydrogen (secondary N) is 1. The first-order valence-corrected chi connectivity index (χ1v) is 7.18. The molecule has 0 atom stereocenters. The quantitative estimate of drug-likeness (QED) is 0.894. The van der Waals surface area contributed by atoms with Gasteiger partial charge in [-0.3, -0.25) is 0 Å². The molecule has 0 unspecified atom stereocenters. The Hall–Kier alpha value is -1.30. The van der Waals surface area contributed by atoms with Crippen molar-refractivity contribution in [3.63, 3.8) is 0 Å². The summed E-state index contributed by atoms with van der Waals surface area (Å²) < 4.78 is 1.46. The second-order valence-corrected chi connectivity index (χ2v) is 6.05. The molecule has 7 heteroatoms. The van der Waals surface area contributed by atoms with Crippen molar-refractivity contribution in [3.05, 3.63) is 44.6 Å². The molecule has 1 aromatic carbocycles. The third-order valence-corrected chi connectivity index (χ3v) is 4.16. The second-order valence-electron chi connectivity index (χ2n) is 5.18. The molecule has 0 amide bonds. The van der Waals surface area contributed by atoms with E-state index in [1.54, 1.807) is 18.2 Å². The number of hydrogen-bond acceptors (Lipinski definition) is 3. The summed E-state index contributed by atoms with van der Waals surface area (Å²) in [6.45, 7) is 0. The zero-order valence-corrected chi connectivity index (χ0v) is 12.2. The summed E-state index contributed by atoms with van der Waals surface area (Å²) in [4.78, 5) is 12.1. The Kier molecular flexibility index (Phi) is 3.36. The molecule has 1 aliphatic rings. The van der Waals surface area contributed by atoms with Gasteiger partial charge in [-0.15, -0.1) is 0 Å². The molecule has 1 fully saturated rings. The highest BCUT2D eigenvalue weighted by Crippen LogP contribution is 2.35. The minimum absolute atomic E-state index is 0.338. The van der Waals surface area contributed by atoms with Gasteiger partial charge in [-0.2, -0.15) is 5.10 Å². The van der Waals surface area contributed by atoms with E-state index in [-0.39, 0.29) is 5.69 Å². The molecule has 20 heavy (non-hydrogen) atoms. The van der Waals surface area contributed by atoms with Crippen LogP contribution < -0.4 is 11.4 Å². The Labute approximate surface area is 125 Å². The lowest BCUT2D eigenvalue weighted by molar-refractivity contribution is 0.423. The van der Waals surface area contributed by atoms with Gasteiger partial charge in [0.05, 0.1) is 11.2 Å². The van der Waals surface area contributed by atoms with E-state index in [1.165, 1.54) is 4.57 Å².